The van der Waals surface area contributed by atoms with Crippen LogP contribution in [0.1, 0.15) is 41.5 Å². The third-order valence-corrected chi connectivity index (χ3v) is 5.37. The number of aryl methyl sites for hydroxylation is 1. The Hall–Kier alpha value is -3.33. The third-order valence-electron chi connectivity index (χ3n) is 5.37. The standard InChI is InChI=1S/C21H25N7O2/c1-3-15-21(30)26-18-8-12(4-5-16(18)25-15)11-23-13-9-14(10-13)24-19-7-6-17(27-28-19)20(29)22-2/h4-8,13-14,23H,3,9-11H2,1-2H3,(H,22,29)(H,24,28)(H,26,30). The van der Waals surface area contributed by atoms with Crippen LogP contribution >= 0.6 is 0 Å². The van der Waals surface area contributed by atoms with Crippen molar-refractivity contribution in [3.05, 3.63) is 57.6 Å². The van der Waals surface area contributed by atoms with E-state index in [9.17, 15) is 9.59 Å². The zero-order chi connectivity index (χ0) is 21.1. The Balaban J connectivity index is 1.27. The molecule has 9 heteroatoms. The Morgan fingerprint density at radius 1 is 1.17 bits per heavy atom. The topological polar surface area (TPSA) is 125 Å². The highest BCUT2D eigenvalue weighted by Gasteiger charge is 2.28. The summed E-state index contributed by atoms with van der Waals surface area (Å²) in [5.74, 6) is 0.421. The van der Waals surface area contributed by atoms with Gasteiger partial charge in [0.2, 0.25) is 0 Å². The Morgan fingerprint density at radius 3 is 2.70 bits per heavy atom. The summed E-state index contributed by atoms with van der Waals surface area (Å²) in [5, 5.41) is 17.4. The molecule has 0 unspecified atom stereocenters. The SMILES string of the molecule is CCc1nc2ccc(CNC3CC(Nc4ccc(C(=O)NC)nn4)C3)cc2[nH]c1=O. The molecule has 1 saturated carbocycles. The van der Waals surface area contributed by atoms with Gasteiger partial charge in [0.05, 0.1) is 11.0 Å². The summed E-state index contributed by atoms with van der Waals surface area (Å²) in [6.45, 7) is 2.65. The Bertz CT molecular complexity index is 1100. The van der Waals surface area contributed by atoms with Gasteiger partial charge in [-0.2, -0.15) is 0 Å². The van der Waals surface area contributed by atoms with Crippen LogP contribution in [-0.2, 0) is 13.0 Å². The molecule has 1 amide bonds. The molecule has 2 heterocycles. The van der Waals surface area contributed by atoms with Crippen molar-refractivity contribution < 1.29 is 4.79 Å². The van der Waals surface area contributed by atoms with Crippen LogP contribution < -0.4 is 21.5 Å². The van der Waals surface area contributed by atoms with Crippen LogP contribution in [0, 0.1) is 0 Å². The van der Waals surface area contributed by atoms with Gasteiger partial charge < -0.3 is 20.9 Å². The molecule has 0 aliphatic heterocycles. The van der Waals surface area contributed by atoms with Crippen LogP contribution in [0.4, 0.5) is 5.82 Å². The monoisotopic (exact) mass is 407 g/mol. The van der Waals surface area contributed by atoms with Crippen LogP contribution in [-0.4, -0.2) is 45.2 Å². The summed E-state index contributed by atoms with van der Waals surface area (Å²) in [4.78, 5) is 30.8. The lowest BCUT2D eigenvalue weighted by Crippen LogP contribution is -2.47. The van der Waals surface area contributed by atoms with Crippen molar-refractivity contribution in [2.24, 2.45) is 0 Å². The van der Waals surface area contributed by atoms with Crippen LogP contribution in [0.2, 0.25) is 0 Å². The van der Waals surface area contributed by atoms with E-state index >= 15 is 0 Å². The van der Waals surface area contributed by atoms with Crippen LogP contribution in [0.3, 0.4) is 0 Å². The van der Waals surface area contributed by atoms with Crippen LogP contribution in [0.5, 0.6) is 0 Å². The molecule has 3 aromatic rings. The number of carbonyl (C=O) groups is 1. The summed E-state index contributed by atoms with van der Waals surface area (Å²) >= 11 is 0. The van der Waals surface area contributed by atoms with E-state index < -0.39 is 0 Å². The number of nitrogens with zero attached hydrogens (tertiary/aromatic N) is 3. The molecule has 1 aliphatic carbocycles. The summed E-state index contributed by atoms with van der Waals surface area (Å²) in [6.07, 6.45) is 2.57. The summed E-state index contributed by atoms with van der Waals surface area (Å²) < 4.78 is 0. The van der Waals surface area contributed by atoms with Gasteiger partial charge in [-0.1, -0.05) is 13.0 Å². The van der Waals surface area contributed by atoms with Gasteiger partial charge in [0.25, 0.3) is 11.5 Å². The molecule has 1 fully saturated rings. The average molecular weight is 407 g/mol. The lowest BCUT2D eigenvalue weighted by atomic mass is 9.86. The molecule has 4 rings (SSSR count). The minimum Gasteiger partial charge on any atom is -0.366 e. The second-order valence-electron chi connectivity index (χ2n) is 7.49. The Morgan fingerprint density at radius 2 is 2.00 bits per heavy atom. The fourth-order valence-corrected chi connectivity index (χ4v) is 3.55. The van der Waals surface area contributed by atoms with Gasteiger partial charge in [0.15, 0.2) is 5.69 Å². The molecule has 0 saturated heterocycles. The number of amides is 1. The fourth-order valence-electron chi connectivity index (χ4n) is 3.55. The van der Waals surface area contributed by atoms with Gasteiger partial charge in [-0.25, -0.2) is 4.98 Å². The number of aromatic nitrogens is 4. The lowest BCUT2D eigenvalue weighted by molar-refractivity contribution is 0.0957. The number of benzene rings is 1. The summed E-state index contributed by atoms with van der Waals surface area (Å²) in [5.41, 5.74) is 3.43. The first-order chi connectivity index (χ1) is 14.6. The molecule has 9 nitrogen and oxygen atoms in total. The molecule has 0 bridgehead atoms. The highest BCUT2D eigenvalue weighted by molar-refractivity contribution is 5.91. The van der Waals surface area contributed by atoms with Gasteiger partial charge in [-0.05, 0) is 49.1 Å². The molecule has 0 radical (unpaired) electrons. The van der Waals surface area contributed by atoms with Crippen molar-refractivity contribution in [2.45, 2.75) is 44.8 Å². The molecular weight excluding hydrogens is 382 g/mol. The first-order valence-electron chi connectivity index (χ1n) is 10.1. The van der Waals surface area contributed by atoms with Crippen molar-refractivity contribution >= 4 is 22.8 Å². The first kappa shape index (κ1) is 20.0. The normalized spacial score (nSPS) is 18.1. The summed E-state index contributed by atoms with van der Waals surface area (Å²) in [6, 6.07) is 10.1. The van der Waals surface area contributed by atoms with Gasteiger partial charge in [0.1, 0.15) is 11.5 Å². The minimum atomic E-state index is -0.249. The number of H-pyrrole nitrogens is 1. The van der Waals surface area contributed by atoms with E-state index in [0.29, 0.717) is 35.7 Å². The maximum Gasteiger partial charge on any atom is 0.271 e. The molecular formula is C21H25N7O2. The van der Waals surface area contributed by atoms with Crippen LogP contribution in [0.25, 0.3) is 11.0 Å². The van der Waals surface area contributed by atoms with Gasteiger partial charge in [0, 0.05) is 25.7 Å². The smallest absolute Gasteiger partial charge is 0.271 e. The lowest BCUT2D eigenvalue weighted by Gasteiger charge is -2.36. The zero-order valence-corrected chi connectivity index (χ0v) is 17.0. The minimum absolute atomic E-state index is 0.116. The summed E-state index contributed by atoms with van der Waals surface area (Å²) in [7, 11) is 1.56. The quantitative estimate of drug-likeness (QED) is 0.466. The van der Waals surface area contributed by atoms with Gasteiger partial charge >= 0.3 is 0 Å². The number of nitrogens with one attached hydrogen (secondary N) is 4. The molecule has 1 aromatic carbocycles. The molecule has 0 spiro atoms. The number of hydrogen-bond donors (Lipinski definition) is 4. The average Bonchev–Trinajstić information content (AvgIpc) is 2.74. The molecule has 30 heavy (non-hydrogen) atoms. The number of rotatable bonds is 7. The fraction of sp³-hybridized carbons (Fsp3) is 0.381. The molecule has 1 aliphatic rings. The van der Waals surface area contributed by atoms with E-state index in [1.165, 1.54) is 0 Å². The Labute approximate surface area is 173 Å². The molecule has 156 valence electrons. The maximum atomic E-state index is 12.0. The van der Waals surface area contributed by atoms with Crippen molar-refractivity contribution in [2.75, 3.05) is 12.4 Å². The highest BCUT2D eigenvalue weighted by Crippen LogP contribution is 2.24. The van der Waals surface area contributed by atoms with E-state index in [4.69, 9.17) is 0 Å². The third kappa shape index (κ3) is 4.30. The number of aromatic amines is 1. The van der Waals surface area contributed by atoms with Gasteiger partial charge in [-0.15, -0.1) is 10.2 Å². The highest BCUT2D eigenvalue weighted by atomic mass is 16.1. The van der Waals surface area contributed by atoms with Crippen molar-refractivity contribution in [3.63, 3.8) is 0 Å². The van der Waals surface area contributed by atoms with E-state index in [-0.39, 0.29) is 11.5 Å². The number of carbonyl (C=O) groups excluding carboxylic acids is 1. The zero-order valence-electron chi connectivity index (χ0n) is 17.0. The molecule has 2 aromatic heterocycles. The van der Waals surface area contributed by atoms with Gasteiger partial charge in [-0.3, -0.25) is 9.59 Å². The second kappa shape index (κ2) is 8.58. The van der Waals surface area contributed by atoms with Crippen LogP contribution in [0.15, 0.2) is 35.1 Å². The molecule has 4 N–H and O–H groups in total. The largest absolute Gasteiger partial charge is 0.366 e. The number of hydrogen-bond acceptors (Lipinski definition) is 7. The van der Waals surface area contributed by atoms with E-state index in [2.05, 4.69) is 36.1 Å². The van der Waals surface area contributed by atoms with E-state index in [1.807, 2.05) is 25.1 Å². The maximum absolute atomic E-state index is 12.0. The second-order valence-corrected chi connectivity index (χ2v) is 7.49. The predicted octanol–water partition coefficient (Wildman–Crippen LogP) is 1.37. The van der Waals surface area contributed by atoms with Crippen molar-refractivity contribution in [1.82, 2.24) is 30.8 Å². The number of fused-ring (bicyclic) bond motifs is 1. The molecule has 0 atom stereocenters. The first-order valence-corrected chi connectivity index (χ1v) is 10.1. The number of anilines is 1. The van der Waals surface area contributed by atoms with Crippen molar-refractivity contribution in [3.8, 4) is 0 Å². The Kier molecular flexibility index (Phi) is 5.71. The van der Waals surface area contributed by atoms with E-state index in [1.54, 1.807) is 19.2 Å². The van der Waals surface area contributed by atoms with E-state index in [0.717, 1.165) is 36.0 Å². The predicted molar refractivity (Wildman–Crippen MR) is 114 cm³/mol. The van der Waals surface area contributed by atoms with Crippen molar-refractivity contribution in [1.29, 1.82) is 0 Å².